The van der Waals surface area contributed by atoms with Crippen LogP contribution in [-0.2, 0) is 4.79 Å². The Balaban J connectivity index is 3.60. The van der Waals surface area contributed by atoms with Crippen LogP contribution in [0.3, 0.4) is 0 Å². The van der Waals surface area contributed by atoms with E-state index in [2.05, 4.69) is 11.9 Å². The van der Waals surface area contributed by atoms with Crippen LogP contribution in [-0.4, -0.2) is 30.0 Å². The van der Waals surface area contributed by atoms with Crippen LogP contribution in [0.2, 0.25) is 0 Å². The first-order valence-corrected chi connectivity index (χ1v) is 6.50. The number of nitrogens with two attached hydrogens (primary N) is 1. The van der Waals surface area contributed by atoms with Crippen molar-refractivity contribution in [2.24, 2.45) is 11.7 Å². The fourth-order valence-electron chi connectivity index (χ4n) is 1.04. The second-order valence-corrected chi connectivity index (χ2v) is 4.72. The van der Waals surface area contributed by atoms with Gasteiger partial charge in [0, 0.05) is 18.1 Å². The molecule has 0 saturated heterocycles. The van der Waals surface area contributed by atoms with Gasteiger partial charge in [-0.1, -0.05) is 26.3 Å². The second-order valence-electron chi connectivity index (χ2n) is 3.57. The molecule has 0 aliphatic rings. The summed E-state index contributed by atoms with van der Waals surface area (Å²) in [6, 6.07) is -0.376. The third-order valence-electron chi connectivity index (χ3n) is 2.34. The standard InChI is InChI=1S/C11H22N2OS/c1-4-7-15-8-6-13-11(14)10(12)9(3)5-2/h4,9-10H,1,5-8,12H2,2-3H3,(H,13,14)/t9?,10-/m0/s1. The monoisotopic (exact) mass is 230 g/mol. The van der Waals surface area contributed by atoms with E-state index >= 15 is 0 Å². The summed E-state index contributed by atoms with van der Waals surface area (Å²) in [5.41, 5.74) is 5.78. The number of nitrogens with one attached hydrogen (secondary N) is 1. The fraction of sp³-hybridized carbons (Fsp3) is 0.727. The lowest BCUT2D eigenvalue weighted by Crippen LogP contribution is -2.45. The van der Waals surface area contributed by atoms with E-state index in [1.807, 2.05) is 19.9 Å². The van der Waals surface area contributed by atoms with Gasteiger partial charge in [0.25, 0.3) is 0 Å². The highest BCUT2D eigenvalue weighted by atomic mass is 32.2. The molecule has 0 aromatic carbocycles. The van der Waals surface area contributed by atoms with Crippen molar-refractivity contribution in [3.63, 3.8) is 0 Å². The number of rotatable bonds is 8. The highest BCUT2D eigenvalue weighted by Crippen LogP contribution is 2.05. The van der Waals surface area contributed by atoms with Crippen LogP contribution in [0.4, 0.5) is 0 Å². The Morgan fingerprint density at radius 3 is 2.87 bits per heavy atom. The van der Waals surface area contributed by atoms with Gasteiger partial charge in [-0.15, -0.1) is 6.58 Å². The van der Waals surface area contributed by atoms with Gasteiger partial charge in [0.2, 0.25) is 5.91 Å². The van der Waals surface area contributed by atoms with Crippen LogP contribution in [0, 0.1) is 5.92 Å². The van der Waals surface area contributed by atoms with Crippen molar-refractivity contribution in [1.29, 1.82) is 0 Å². The molecule has 88 valence electrons. The Morgan fingerprint density at radius 2 is 2.33 bits per heavy atom. The number of hydrogen-bond donors (Lipinski definition) is 2. The summed E-state index contributed by atoms with van der Waals surface area (Å²) >= 11 is 1.75. The van der Waals surface area contributed by atoms with Crippen LogP contribution in [0.5, 0.6) is 0 Å². The van der Waals surface area contributed by atoms with Gasteiger partial charge in [-0.2, -0.15) is 11.8 Å². The summed E-state index contributed by atoms with van der Waals surface area (Å²) < 4.78 is 0. The van der Waals surface area contributed by atoms with E-state index in [-0.39, 0.29) is 17.9 Å². The van der Waals surface area contributed by atoms with E-state index in [1.165, 1.54) is 0 Å². The van der Waals surface area contributed by atoms with Crippen molar-refractivity contribution in [1.82, 2.24) is 5.32 Å². The second kappa shape index (κ2) is 8.80. The molecule has 0 aromatic rings. The van der Waals surface area contributed by atoms with Crippen LogP contribution in [0.25, 0.3) is 0 Å². The summed E-state index contributed by atoms with van der Waals surface area (Å²) in [6.45, 7) is 8.35. The molecule has 0 fully saturated rings. The van der Waals surface area contributed by atoms with Crippen molar-refractivity contribution in [3.8, 4) is 0 Å². The summed E-state index contributed by atoms with van der Waals surface area (Å²) in [6.07, 6.45) is 2.79. The minimum atomic E-state index is -0.376. The minimum Gasteiger partial charge on any atom is -0.354 e. The maximum absolute atomic E-state index is 11.5. The average Bonchev–Trinajstić information content (AvgIpc) is 2.26. The third-order valence-corrected chi connectivity index (χ3v) is 3.31. The molecular formula is C11H22N2OS. The first-order chi connectivity index (χ1) is 7.13. The Labute approximate surface area is 96.9 Å². The average molecular weight is 230 g/mol. The van der Waals surface area contributed by atoms with Gasteiger partial charge in [0.1, 0.15) is 0 Å². The maximum Gasteiger partial charge on any atom is 0.237 e. The lowest BCUT2D eigenvalue weighted by Gasteiger charge is -2.17. The predicted molar refractivity (Wildman–Crippen MR) is 68.0 cm³/mol. The fourth-order valence-corrected chi connectivity index (χ4v) is 1.62. The van der Waals surface area contributed by atoms with Crippen LogP contribution in [0.1, 0.15) is 20.3 Å². The topological polar surface area (TPSA) is 55.1 Å². The number of carbonyl (C=O) groups is 1. The molecule has 3 N–H and O–H groups in total. The van der Waals surface area contributed by atoms with E-state index in [9.17, 15) is 4.79 Å². The number of thioether (sulfide) groups is 1. The van der Waals surface area contributed by atoms with E-state index in [1.54, 1.807) is 11.8 Å². The molecule has 0 aromatic heterocycles. The van der Waals surface area contributed by atoms with E-state index in [0.717, 1.165) is 17.9 Å². The van der Waals surface area contributed by atoms with Gasteiger partial charge >= 0.3 is 0 Å². The van der Waals surface area contributed by atoms with E-state index < -0.39 is 0 Å². The van der Waals surface area contributed by atoms with Crippen LogP contribution >= 0.6 is 11.8 Å². The maximum atomic E-state index is 11.5. The number of carbonyl (C=O) groups excluding carboxylic acids is 1. The molecule has 1 amide bonds. The van der Waals surface area contributed by atoms with Crippen molar-refractivity contribution < 1.29 is 4.79 Å². The Hall–Kier alpha value is -0.480. The van der Waals surface area contributed by atoms with Crippen molar-refractivity contribution >= 4 is 17.7 Å². The number of amides is 1. The normalized spacial score (nSPS) is 14.3. The molecule has 0 heterocycles. The predicted octanol–water partition coefficient (Wildman–Crippen LogP) is 1.40. The summed E-state index contributed by atoms with van der Waals surface area (Å²) in [5.74, 6) is 2.03. The summed E-state index contributed by atoms with van der Waals surface area (Å²) in [4.78, 5) is 11.5. The lowest BCUT2D eigenvalue weighted by molar-refractivity contribution is -0.123. The molecule has 4 heteroatoms. The lowest BCUT2D eigenvalue weighted by atomic mass is 9.99. The molecule has 0 radical (unpaired) electrons. The zero-order valence-corrected chi connectivity index (χ0v) is 10.5. The Kier molecular flexibility index (Phi) is 8.52. The Bertz CT molecular complexity index is 197. The molecule has 0 aliphatic carbocycles. The summed E-state index contributed by atoms with van der Waals surface area (Å²) in [7, 11) is 0. The molecule has 0 bridgehead atoms. The van der Waals surface area contributed by atoms with Gasteiger partial charge < -0.3 is 11.1 Å². The van der Waals surface area contributed by atoms with Crippen LogP contribution in [0.15, 0.2) is 12.7 Å². The summed E-state index contributed by atoms with van der Waals surface area (Å²) in [5, 5.41) is 2.84. The molecule has 0 aliphatic heterocycles. The molecular weight excluding hydrogens is 208 g/mol. The number of hydrogen-bond acceptors (Lipinski definition) is 3. The first-order valence-electron chi connectivity index (χ1n) is 5.35. The van der Waals surface area contributed by atoms with Gasteiger partial charge in [-0.3, -0.25) is 4.79 Å². The van der Waals surface area contributed by atoms with Crippen molar-refractivity contribution in [2.45, 2.75) is 26.3 Å². The smallest absolute Gasteiger partial charge is 0.237 e. The minimum absolute atomic E-state index is 0.0384. The van der Waals surface area contributed by atoms with Crippen molar-refractivity contribution in [3.05, 3.63) is 12.7 Å². The van der Waals surface area contributed by atoms with Crippen molar-refractivity contribution in [2.75, 3.05) is 18.1 Å². The van der Waals surface area contributed by atoms with Gasteiger partial charge in [-0.05, 0) is 5.92 Å². The molecule has 0 saturated carbocycles. The van der Waals surface area contributed by atoms with Gasteiger partial charge in [0.15, 0.2) is 0 Å². The van der Waals surface area contributed by atoms with Gasteiger partial charge in [-0.25, -0.2) is 0 Å². The molecule has 1 unspecified atom stereocenters. The zero-order valence-electron chi connectivity index (χ0n) is 9.66. The first kappa shape index (κ1) is 14.5. The zero-order chi connectivity index (χ0) is 11.7. The highest BCUT2D eigenvalue weighted by molar-refractivity contribution is 7.99. The van der Waals surface area contributed by atoms with Crippen LogP contribution < -0.4 is 11.1 Å². The largest absolute Gasteiger partial charge is 0.354 e. The molecule has 0 rings (SSSR count). The Morgan fingerprint density at radius 1 is 1.67 bits per heavy atom. The van der Waals surface area contributed by atoms with Gasteiger partial charge in [0.05, 0.1) is 6.04 Å². The van der Waals surface area contributed by atoms with E-state index in [0.29, 0.717) is 6.54 Å². The van der Waals surface area contributed by atoms with E-state index in [4.69, 9.17) is 5.73 Å². The molecule has 3 nitrogen and oxygen atoms in total. The highest BCUT2D eigenvalue weighted by Gasteiger charge is 2.18. The molecule has 2 atom stereocenters. The molecule has 0 spiro atoms. The molecule has 15 heavy (non-hydrogen) atoms. The quantitative estimate of drug-likeness (QED) is 0.489. The SMILES string of the molecule is C=CCSCCNC(=O)[C@@H](N)C(C)CC. The third kappa shape index (κ3) is 6.57.